The van der Waals surface area contributed by atoms with Crippen molar-refractivity contribution in [2.24, 2.45) is 0 Å². The van der Waals surface area contributed by atoms with Crippen LogP contribution in [0.2, 0.25) is 0 Å². The molecule has 0 aliphatic heterocycles. The minimum Gasteiger partial charge on any atom is -0.378 e. The first-order valence-electron chi connectivity index (χ1n) is 22.5. The van der Waals surface area contributed by atoms with Crippen molar-refractivity contribution in [3.05, 3.63) is 232 Å². The highest BCUT2D eigenvalue weighted by molar-refractivity contribution is 9.11. The van der Waals surface area contributed by atoms with E-state index < -0.39 is 45.7 Å². The van der Waals surface area contributed by atoms with Crippen LogP contribution in [0.5, 0.6) is 23.0 Å². The Hall–Kier alpha value is -5.36. The third-order valence-corrected chi connectivity index (χ3v) is 19.1. The third kappa shape index (κ3) is 12.8. The minimum atomic E-state index is -4.69. The highest BCUT2D eigenvalue weighted by atomic mass is 79.9. The second kappa shape index (κ2) is 22.5. The SMILES string of the molecule is O=C(Cl)Cc1cc2c(OS(=O)(=O)c3ccc(Br)cc3)c(c1)Cc1cccc(c1OS(=O)(=O)c1ccc(Br)cc1)Cc1cccc(c1OS(=O)(=O)c1ccc(Br)cc1)Cc1cccc(c1OS(=O)(=O)c1ccc(Br)cc1)C2. The van der Waals surface area contributed by atoms with Gasteiger partial charge >= 0.3 is 40.5 Å². The van der Waals surface area contributed by atoms with Crippen molar-refractivity contribution in [1.82, 2.24) is 0 Å². The molecule has 0 heterocycles. The second-order valence-corrected chi connectivity index (χ2v) is 27.4. The Morgan fingerprint density at radius 2 is 0.566 bits per heavy atom. The fourth-order valence-corrected chi connectivity index (χ4v) is 13.6. The Bertz CT molecular complexity index is 3860. The minimum absolute atomic E-state index is 0.119. The van der Waals surface area contributed by atoms with Gasteiger partial charge in [-0.25, -0.2) is 0 Å². The average Bonchev–Trinajstić information content (AvgIpc) is 3.37. The molecule has 0 unspecified atom stereocenters. The van der Waals surface area contributed by atoms with Crippen molar-refractivity contribution in [3.63, 3.8) is 0 Å². The van der Waals surface area contributed by atoms with E-state index >= 15 is 0 Å². The molecule has 0 saturated heterocycles. The highest BCUT2D eigenvalue weighted by Gasteiger charge is 2.31. The maximum absolute atomic E-state index is 14.4. The first-order chi connectivity index (χ1) is 36.0. The van der Waals surface area contributed by atoms with Crippen LogP contribution in [0.1, 0.15) is 50.1 Å². The molecule has 76 heavy (non-hydrogen) atoms. The third-order valence-electron chi connectivity index (χ3n) is 11.9. The summed E-state index contributed by atoms with van der Waals surface area (Å²) >= 11 is 19.4. The summed E-state index contributed by atoms with van der Waals surface area (Å²) in [5.41, 5.74) is 1.82. The number of halogens is 5. The van der Waals surface area contributed by atoms with Gasteiger partial charge in [-0.05, 0) is 114 Å². The fraction of sp³-hybridized carbons (Fsp3) is 0.0926. The predicted molar refractivity (Wildman–Crippen MR) is 299 cm³/mol. The van der Waals surface area contributed by atoms with Gasteiger partial charge in [0.05, 0.1) is 0 Å². The van der Waals surface area contributed by atoms with E-state index in [2.05, 4.69) is 63.7 Å². The van der Waals surface area contributed by atoms with Crippen molar-refractivity contribution < 1.29 is 55.2 Å². The number of carbonyl (C=O) groups excluding carboxylic acids is 1. The van der Waals surface area contributed by atoms with Crippen LogP contribution < -0.4 is 16.7 Å². The summed E-state index contributed by atoms with van der Waals surface area (Å²) in [6, 6.07) is 40.4. The molecule has 22 heteroatoms. The molecule has 390 valence electrons. The lowest BCUT2D eigenvalue weighted by atomic mass is 9.90. The Morgan fingerprint density at radius 1 is 0.355 bits per heavy atom. The molecule has 0 saturated carbocycles. The molecule has 0 spiro atoms. The molecule has 1 aliphatic carbocycles. The summed E-state index contributed by atoms with van der Waals surface area (Å²) in [5, 5.41) is -0.769. The molecular formula is C54H37Br4ClO13S4. The van der Waals surface area contributed by atoms with Crippen LogP contribution >= 0.6 is 75.3 Å². The molecule has 0 aromatic heterocycles. The Balaban J connectivity index is 1.33. The van der Waals surface area contributed by atoms with Gasteiger partial charge in [-0.3, -0.25) is 4.79 Å². The van der Waals surface area contributed by atoms with Gasteiger partial charge < -0.3 is 16.7 Å². The van der Waals surface area contributed by atoms with Crippen LogP contribution in [-0.4, -0.2) is 38.9 Å². The zero-order valence-electron chi connectivity index (χ0n) is 39.0. The molecule has 0 atom stereocenters. The Morgan fingerprint density at radius 3 is 0.789 bits per heavy atom. The number of para-hydroxylation sites is 3. The lowest BCUT2D eigenvalue weighted by Crippen LogP contribution is -2.16. The van der Waals surface area contributed by atoms with E-state index in [1.165, 1.54) is 109 Å². The van der Waals surface area contributed by atoms with E-state index in [1.54, 1.807) is 54.6 Å². The molecule has 1 aliphatic rings. The standard InChI is InChI=1S/C54H37Br4ClO13S4/c55-42-10-18-46(19-11-42)73(61,62)69-51-34-4-1-5-35(51)30-37-7-3-9-39(53(37)71-75(65,66)48-22-14-44(57)15-23-48)32-41-27-33(28-50(59)60)26-40(54(41)72-76(67,68)49-24-16-45(58)17-25-49)31-38-8-2-6-36(29-34)52(38)70-74(63,64)47-20-12-43(56)13-21-47/h1-27H,28-32H2. The molecule has 8 aromatic rings. The summed E-state index contributed by atoms with van der Waals surface area (Å²) in [7, 11) is -18.6. The number of carbonyl (C=O) groups is 1. The Kier molecular flexibility index (Phi) is 16.4. The zero-order chi connectivity index (χ0) is 54.2. The number of benzene rings is 8. The topological polar surface area (TPSA) is 191 Å². The van der Waals surface area contributed by atoms with Crippen molar-refractivity contribution in [2.75, 3.05) is 0 Å². The first-order valence-corrected chi connectivity index (χ1v) is 31.7. The van der Waals surface area contributed by atoms with E-state index in [9.17, 15) is 38.5 Å². The van der Waals surface area contributed by atoms with Gasteiger partial charge in [0.1, 0.15) is 42.6 Å². The average molecular weight is 1380 g/mol. The molecular weight excluding hydrogens is 1340 g/mol. The molecule has 8 bridgehead atoms. The van der Waals surface area contributed by atoms with E-state index in [4.69, 9.17) is 28.3 Å². The van der Waals surface area contributed by atoms with Gasteiger partial charge in [0, 0.05) is 94.5 Å². The van der Waals surface area contributed by atoms with E-state index in [0.29, 0.717) is 23.5 Å². The van der Waals surface area contributed by atoms with Gasteiger partial charge in [-0.1, -0.05) is 130 Å². The van der Waals surface area contributed by atoms with Crippen LogP contribution in [-0.2, 0) is 77.4 Å². The monoisotopic (exact) mass is 1370 g/mol. The number of rotatable bonds is 14. The van der Waals surface area contributed by atoms with E-state index in [0.717, 1.165) is 0 Å². The largest absolute Gasteiger partial charge is 0.378 e. The summed E-state index contributed by atoms with van der Waals surface area (Å²) in [4.78, 5) is 11.9. The predicted octanol–water partition coefficient (Wildman–Crippen LogP) is 12.8. The number of hydrogen-bond acceptors (Lipinski definition) is 13. The smallest absolute Gasteiger partial charge is 0.339 e. The van der Waals surface area contributed by atoms with Crippen LogP contribution in [0, 0.1) is 0 Å². The molecule has 8 aromatic carbocycles. The summed E-state index contributed by atoms with van der Waals surface area (Å²) in [6.45, 7) is 0. The van der Waals surface area contributed by atoms with Gasteiger partial charge in [0.2, 0.25) is 5.24 Å². The van der Waals surface area contributed by atoms with E-state index in [1.807, 2.05) is 0 Å². The first kappa shape index (κ1) is 55.4. The summed E-state index contributed by atoms with van der Waals surface area (Å²) in [5.74, 6) is -0.762. The number of fused-ring (bicyclic) bond motifs is 8. The summed E-state index contributed by atoms with van der Waals surface area (Å²) in [6.07, 6.45) is -1.45. The van der Waals surface area contributed by atoms with Crippen molar-refractivity contribution >= 4 is 121 Å². The van der Waals surface area contributed by atoms with Gasteiger partial charge in [0.25, 0.3) is 0 Å². The fourth-order valence-electron chi connectivity index (χ4n) is 8.39. The molecule has 0 fully saturated rings. The molecule has 0 amide bonds. The van der Waals surface area contributed by atoms with E-state index in [-0.39, 0.29) is 119 Å². The molecule has 13 nitrogen and oxygen atoms in total. The molecule has 9 rings (SSSR count). The second-order valence-electron chi connectivity index (χ2n) is 17.2. The normalized spacial score (nSPS) is 12.9. The van der Waals surface area contributed by atoms with Crippen LogP contribution in [0.15, 0.2) is 201 Å². The van der Waals surface area contributed by atoms with Crippen molar-refractivity contribution in [3.8, 4) is 23.0 Å². The van der Waals surface area contributed by atoms with Gasteiger partial charge in [-0.15, -0.1) is 0 Å². The summed E-state index contributed by atoms with van der Waals surface area (Å²) < 4.78 is 142. The maximum Gasteiger partial charge on any atom is 0.339 e. The molecule has 0 radical (unpaired) electrons. The zero-order valence-corrected chi connectivity index (χ0v) is 49.3. The van der Waals surface area contributed by atoms with Crippen LogP contribution in [0.4, 0.5) is 0 Å². The molecule has 0 N–H and O–H groups in total. The van der Waals surface area contributed by atoms with Crippen molar-refractivity contribution in [2.45, 2.75) is 51.7 Å². The van der Waals surface area contributed by atoms with Crippen LogP contribution in [0.3, 0.4) is 0 Å². The van der Waals surface area contributed by atoms with Crippen LogP contribution in [0.25, 0.3) is 0 Å². The number of hydrogen-bond donors (Lipinski definition) is 0. The van der Waals surface area contributed by atoms with Gasteiger partial charge in [-0.2, -0.15) is 33.7 Å². The Labute approximate surface area is 478 Å². The quantitative estimate of drug-likeness (QED) is 0.0739. The maximum atomic E-state index is 14.4. The lowest BCUT2D eigenvalue weighted by Gasteiger charge is -2.23. The highest BCUT2D eigenvalue weighted by Crippen LogP contribution is 2.42. The lowest BCUT2D eigenvalue weighted by molar-refractivity contribution is -0.111. The van der Waals surface area contributed by atoms with Gasteiger partial charge in [0.15, 0.2) is 0 Å². The van der Waals surface area contributed by atoms with Crippen molar-refractivity contribution in [1.29, 1.82) is 0 Å².